The van der Waals surface area contributed by atoms with Crippen molar-refractivity contribution >= 4 is 43.6 Å². The highest BCUT2D eigenvalue weighted by Crippen LogP contribution is 2.68. The fourth-order valence-electron chi connectivity index (χ4n) is 7.61. The molecule has 0 radical (unpaired) electrons. The minimum Gasteiger partial charge on any atom is -0.389 e. The average molecular weight is 787 g/mol. The average Bonchev–Trinajstić information content (AvgIpc) is 3.37. The first-order chi connectivity index (χ1) is 25.8. The van der Waals surface area contributed by atoms with Crippen molar-refractivity contribution in [3.8, 4) is 11.1 Å². The summed E-state index contributed by atoms with van der Waals surface area (Å²) in [6.07, 6.45) is -5.42. The lowest BCUT2D eigenvalue weighted by Gasteiger charge is -2.23. The van der Waals surface area contributed by atoms with Crippen molar-refractivity contribution in [2.45, 2.75) is 69.8 Å². The van der Waals surface area contributed by atoms with E-state index in [9.17, 15) is 31.9 Å². The molecule has 4 aromatic heterocycles. The number of carbonyl (C=O) groups is 1. The number of anilines is 1. The maximum atomic E-state index is 15.4. The van der Waals surface area contributed by atoms with Crippen LogP contribution in [0.15, 0.2) is 42.5 Å². The SMILES string of the molecule is Cc1nn(C)c2c(-c3cc4sc(NCC(C)(C)O)nc4nc3[C@H](Cc3cc(F)cc(F)c3)NC(=O)Cn3nc(C(F)(F)F)c4c3C(F)(F)[C@@H]3C[C@H]43)cccc12. The van der Waals surface area contributed by atoms with Crippen LogP contribution in [0, 0.1) is 24.5 Å². The number of aliphatic hydroxyl groups is 1. The van der Waals surface area contributed by atoms with Gasteiger partial charge >= 0.3 is 6.18 Å². The molecule has 1 saturated carbocycles. The minimum atomic E-state index is -5.03. The molecule has 10 nitrogen and oxygen atoms in total. The summed E-state index contributed by atoms with van der Waals surface area (Å²) in [6.45, 7) is 4.22. The Bertz CT molecular complexity index is 2500. The molecule has 2 aliphatic rings. The van der Waals surface area contributed by atoms with Crippen LogP contribution >= 0.6 is 11.3 Å². The Morgan fingerprint density at radius 1 is 1.07 bits per heavy atom. The van der Waals surface area contributed by atoms with Gasteiger partial charge in [0.05, 0.1) is 33.2 Å². The highest BCUT2D eigenvalue weighted by atomic mass is 32.1. The number of hydrogen-bond donors (Lipinski definition) is 3. The molecule has 2 aromatic carbocycles. The number of halogens is 7. The maximum Gasteiger partial charge on any atom is 0.435 e. The molecule has 3 atom stereocenters. The Balaban J connectivity index is 1.26. The van der Waals surface area contributed by atoms with Crippen LogP contribution in [0.5, 0.6) is 0 Å². The van der Waals surface area contributed by atoms with E-state index in [2.05, 4.69) is 25.8 Å². The third-order valence-electron chi connectivity index (χ3n) is 9.95. The maximum absolute atomic E-state index is 15.4. The number of carbonyl (C=O) groups excluding carboxylic acids is 1. The van der Waals surface area contributed by atoms with E-state index in [0.717, 1.165) is 23.2 Å². The van der Waals surface area contributed by atoms with Gasteiger partial charge in [-0.05, 0) is 63.3 Å². The molecule has 1 amide bonds. The zero-order chi connectivity index (χ0) is 39.4. The fourth-order valence-corrected chi connectivity index (χ4v) is 8.45. The van der Waals surface area contributed by atoms with Gasteiger partial charge in [0.15, 0.2) is 16.5 Å². The number of pyridine rings is 1. The van der Waals surface area contributed by atoms with Gasteiger partial charge in [-0.25, -0.2) is 18.7 Å². The number of fused-ring (bicyclic) bond motifs is 5. The van der Waals surface area contributed by atoms with Crippen LogP contribution < -0.4 is 10.6 Å². The Morgan fingerprint density at radius 3 is 2.49 bits per heavy atom. The number of para-hydroxylation sites is 1. The van der Waals surface area contributed by atoms with Gasteiger partial charge in [-0.2, -0.15) is 32.1 Å². The van der Waals surface area contributed by atoms with E-state index in [-0.39, 0.29) is 36.3 Å². The zero-order valence-electron chi connectivity index (χ0n) is 29.7. The van der Waals surface area contributed by atoms with Crippen LogP contribution in [0.25, 0.3) is 32.4 Å². The monoisotopic (exact) mass is 786 g/mol. The summed E-state index contributed by atoms with van der Waals surface area (Å²) in [7, 11) is 1.75. The van der Waals surface area contributed by atoms with Crippen LogP contribution in [0.3, 0.4) is 0 Å². The third kappa shape index (κ3) is 6.68. The Morgan fingerprint density at radius 2 is 1.80 bits per heavy atom. The van der Waals surface area contributed by atoms with Gasteiger partial charge < -0.3 is 15.7 Å². The molecule has 0 bridgehead atoms. The number of aryl methyl sites for hydroxylation is 2. The predicted octanol–water partition coefficient (Wildman–Crippen LogP) is 7.54. The summed E-state index contributed by atoms with van der Waals surface area (Å²) < 4.78 is 105. The number of nitrogens with zero attached hydrogens (tertiary/aromatic N) is 6. The molecule has 6 aromatic rings. The summed E-state index contributed by atoms with van der Waals surface area (Å²) in [4.78, 5) is 23.4. The standard InChI is InChI=1S/C37H33F7N8O2S/c1-16-20-6-5-7-21(30(20)51(4)49-16)22-13-26-33(48-34(55-26)45-15-35(2,3)54)47-29(22)25(10-17-8-18(38)11-19(39)9-17)46-27(53)14-52-32-28(31(50-52)37(42,43)44)23-12-24(23)36(32,40)41/h5-9,11,13,23-25,54H,10,12,14-15H2,1-4H3,(H,46,53)(H,45,47,48)/t23-,24+,25-/m0/s1. The lowest BCUT2D eigenvalue weighted by atomic mass is 9.94. The molecule has 18 heteroatoms. The number of nitrogens with one attached hydrogen (secondary N) is 2. The summed E-state index contributed by atoms with van der Waals surface area (Å²) in [6, 6.07) is 8.86. The topological polar surface area (TPSA) is 123 Å². The van der Waals surface area contributed by atoms with E-state index in [1.165, 1.54) is 11.3 Å². The molecular weight excluding hydrogens is 754 g/mol. The Labute approximate surface area is 312 Å². The largest absolute Gasteiger partial charge is 0.435 e. The first-order valence-electron chi connectivity index (χ1n) is 17.3. The number of rotatable bonds is 10. The number of thiazole rings is 1. The molecule has 8 rings (SSSR count). The molecule has 0 unspecified atom stereocenters. The normalized spacial score (nSPS) is 18.1. The van der Waals surface area contributed by atoms with E-state index >= 15 is 8.78 Å². The van der Waals surface area contributed by atoms with Crippen molar-refractivity contribution in [2.24, 2.45) is 13.0 Å². The highest BCUT2D eigenvalue weighted by Gasteiger charge is 2.68. The van der Waals surface area contributed by atoms with E-state index < -0.39 is 76.6 Å². The summed E-state index contributed by atoms with van der Waals surface area (Å²) >= 11 is 1.25. The van der Waals surface area contributed by atoms with E-state index in [1.54, 1.807) is 37.7 Å². The van der Waals surface area contributed by atoms with Gasteiger partial charge in [0, 0.05) is 47.7 Å². The molecule has 3 N–H and O–H groups in total. The second-order valence-electron chi connectivity index (χ2n) is 14.8. The van der Waals surface area contributed by atoms with Crippen molar-refractivity contribution in [2.75, 3.05) is 11.9 Å². The van der Waals surface area contributed by atoms with Crippen LogP contribution in [0.2, 0.25) is 0 Å². The third-order valence-corrected chi connectivity index (χ3v) is 10.9. The Hall–Kier alpha value is -5.10. The van der Waals surface area contributed by atoms with Crippen molar-refractivity contribution in [3.05, 3.63) is 88.0 Å². The lowest BCUT2D eigenvalue weighted by Crippen LogP contribution is -2.35. The van der Waals surface area contributed by atoms with Crippen LogP contribution in [-0.2, 0) is 36.9 Å². The van der Waals surface area contributed by atoms with Gasteiger partial charge in [-0.1, -0.05) is 29.5 Å². The quantitative estimate of drug-likeness (QED) is 0.123. The fraction of sp³-hybridized carbons (Fsp3) is 0.378. The van der Waals surface area contributed by atoms with Gasteiger partial charge in [-0.15, -0.1) is 0 Å². The zero-order valence-corrected chi connectivity index (χ0v) is 30.5. The molecule has 0 aliphatic heterocycles. The van der Waals surface area contributed by atoms with Crippen molar-refractivity contribution in [1.82, 2.24) is 34.8 Å². The van der Waals surface area contributed by atoms with E-state index in [4.69, 9.17) is 4.98 Å². The minimum absolute atomic E-state index is 0.0991. The van der Waals surface area contributed by atoms with Gasteiger partial charge in [0.2, 0.25) is 5.91 Å². The molecule has 288 valence electrons. The first kappa shape index (κ1) is 36.9. The van der Waals surface area contributed by atoms with Crippen molar-refractivity contribution in [1.29, 1.82) is 0 Å². The van der Waals surface area contributed by atoms with Crippen LogP contribution in [-0.4, -0.2) is 52.7 Å². The van der Waals surface area contributed by atoms with Gasteiger partial charge in [0.25, 0.3) is 5.92 Å². The van der Waals surface area contributed by atoms with E-state index in [0.29, 0.717) is 37.2 Å². The summed E-state index contributed by atoms with van der Waals surface area (Å²) in [5.74, 6) is -8.72. The van der Waals surface area contributed by atoms with Crippen LogP contribution in [0.1, 0.15) is 66.1 Å². The van der Waals surface area contributed by atoms with Gasteiger partial charge in [-0.3, -0.25) is 14.2 Å². The molecule has 4 heterocycles. The second kappa shape index (κ2) is 12.7. The lowest BCUT2D eigenvalue weighted by molar-refractivity contribution is -0.142. The van der Waals surface area contributed by atoms with Crippen molar-refractivity contribution in [3.63, 3.8) is 0 Å². The number of hydrogen-bond acceptors (Lipinski definition) is 8. The second-order valence-corrected chi connectivity index (χ2v) is 15.8. The smallest absolute Gasteiger partial charge is 0.389 e. The first-order valence-corrected chi connectivity index (χ1v) is 18.1. The highest BCUT2D eigenvalue weighted by molar-refractivity contribution is 7.22. The molecule has 1 fully saturated rings. The molecule has 2 aliphatic carbocycles. The number of benzene rings is 2. The molecule has 0 saturated heterocycles. The molecule has 55 heavy (non-hydrogen) atoms. The van der Waals surface area contributed by atoms with E-state index in [1.807, 2.05) is 19.1 Å². The van der Waals surface area contributed by atoms with Gasteiger partial charge in [0.1, 0.15) is 23.9 Å². The summed E-state index contributed by atoms with van der Waals surface area (Å²) in [5, 5.41) is 25.4. The number of alkyl halides is 5. The van der Waals surface area contributed by atoms with Crippen molar-refractivity contribution < 1.29 is 40.6 Å². The van der Waals surface area contributed by atoms with Crippen LogP contribution in [0.4, 0.5) is 35.9 Å². The predicted molar refractivity (Wildman–Crippen MR) is 190 cm³/mol. The number of amides is 1. The Kier molecular flexibility index (Phi) is 8.53. The molecular formula is C37H33F7N8O2S. The number of aromatic nitrogens is 6. The summed E-state index contributed by atoms with van der Waals surface area (Å²) in [5.41, 5.74) is -1.06. The molecule has 0 spiro atoms.